The zero-order valence-corrected chi connectivity index (χ0v) is 10.1. The number of rotatable bonds is 2. The second kappa shape index (κ2) is 4.14. The van der Waals surface area contributed by atoms with Crippen LogP contribution >= 0.6 is 0 Å². The molecule has 17 heavy (non-hydrogen) atoms. The maximum absolute atomic E-state index is 12.3. The molecule has 1 aromatic heterocycles. The van der Waals surface area contributed by atoms with Crippen molar-refractivity contribution in [3.05, 3.63) is 17.5 Å². The molecule has 5 heteroatoms. The molecule has 1 saturated heterocycles. The lowest BCUT2D eigenvalue weighted by molar-refractivity contribution is 0.0649. The maximum atomic E-state index is 12.3. The molecule has 3 rings (SSSR count). The van der Waals surface area contributed by atoms with Gasteiger partial charge in [-0.25, -0.2) is 0 Å². The van der Waals surface area contributed by atoms with Crippen LogP contribution in [0.25, 0.3) is 0 Å². The lowest BCUT2D eigenvalue weighted by Crippen LogP contribution is -2.52. The van der Waals surface area contributed by atoms with E-state index in [1.807, 2.05) is 11.0 Å². The van der Waals surface area contributed by atoms with Gasteiger partial charge in [-0.3, -0.25) is 9.89 Å². The van der Waals surface area contributed by atoms with Crippen LogP contribution in [-0.2, 0) is 0 Å². The maximum Gasteiger partial charge on any atom is 0.274 e. The largest absolute Gasteiger partial charge is 0.332 e. The van der Waals surface area contributed by atoms with Crippen LogP contribution in [0.5, 0.6) is 0 Å². The average Bonchev–Trinajstić information content (AvgIpc) is 3.07. The van der Waals surface area contributed by atoms with Crippen LogP contribution in [-0.4, -0.2) is 46.7 Å². The van der Waals surface area contributed by atoms with Crippen molar-refractivity contribution in [2.75, 3.05) is 19.6 Å². The van der Waals surface area contributed by atoms with E-state index >= 15 is 0 Å². The Bertz CT molecular complexity index is 424. The fourth-order valence-electron chi connectivity index (χ4n) is 2.34. The Balaban J connectivity index is 1.75. The van der Waals surface area contributed by atoms with E-state index in [-0.39, 0.29) is 11.9 Å². The van der Waals surface area contributed by atoms with Crippen LogP contribution in [0.1, 0.15) is 41.9 Å². The molecule has 2 N–H and O–H groups in total. The first kappa shape index (κ1) is 10.8. The fourth-order valence-corrected chi connectivity index (χ4v) is 2.34. The normalized spacial score (nSPS) is 25.0. The molecule has 0 radical (unpaired) electrons. The molecule has 1 atom stereocenters. The number of nitrogens with zero attached hydrogens (tertiary/aromatic N) is 2. The second-order valence-corrected chi connectivity index (χ2v) is 5.03. The van der Waals surface area contributed by atoms with Gasteiger partial charge in [-0.15, -0.1) is 0 Å². The van der Waals surface area contributed by atoms with Crippen LogP contribution in [0.4, 0.5) is 0 Å². The Kier molecular flexibility index (Phi) is 2.63. The Morgan fingerprint density at radius 3 is 3.06 bits per heavy atom. The Labute approximate surface area is 101 Å². The molecule has 2 fully saturated rings. The van der Waals surface area contributed by atoms with Gasteiger partial charge in [0.1, 0.15) is 5.69 Å². The van der Waals surface area contributed by atoms with Gasteiger partial charge in [0.2, 0.25) is 0 Å². The molecule has 2 aliphatic rings. The van der Waals surface area contributed by atoms with E-state index in [1.54, 1.807) is 0 Å². The smallest absolute Gasteiger partial charge is 0.274 e. The van der Waals surface area contributed by atoms with E-state index in [1.165, 1.54) is 12.8 Å². The number of H-pyrrole nitrogens is 1. The molecule has 2 heterocycles. The van der Waals surface area contributed by atoms with Crippen molar-refractivity contribution in [1.29, 1.82) is 0 Å². The van der Waals surface area contributed by atoms with Gasteiger partial charge in [0.15, 0.2) is 0 Å². The first-order chi connectivity index (χ1) is 8.25. The number of hydrogen-bond donors (Lipinski definition) is 2. The van der Waals surface area contributed by atoms with Crippen molar-refractivity contribution in [3.63, 3.8) is 0 Å². The van der Waals surface area contributed by atoms with Crippen molar-refractivity contribution in [3.8, 4) is 0 Å². The van der Waals surface area contributed by atoms with Gasteiger partial charge in [-0.1, -0.05) is 0 Å². The summed E-state index contributed by atoms with van der Waals surface area (Å²) in [5.74, 6) is 0.673. The van der Waals surface area contributed by atoms with Gasteiger partial charge in [0, 0.05) is 37.3 Å². The van der Waals surface area contributed by atoms with E-state index in [4.69, 9.17) is 0 Å². The van der Waals surface area contributed by atoms with Crippen LogP contribution in [0.15, 0.2) is 6.07 Å². The van der Waals surface area contributed by atoms with E-state index < -0.39 is 0 Å². The SMILES string of the molecule is C[C@H]1CNCCN1C(=O)c1cc(C2CC2)[nH]n1. The lowest BCUT2D eigenvalue weighted by Gasteiger charge is -2.33. The summed E-state index contributed by atoms with van der Waals surface area (Å²) in [7, 11) is 0. The van der Waals surface area contributed by atoms with Crippen molar-refractivity contribution in [2.24, 2.45) is 0 Å². The molecule has 1 aromatic rings. The summed E-state index contributed by atoms with van der Waals surface area (Å²) in [6.07, 6.45) is 2.44. The van der Waals surface area contributed by atoms with Crippen molar-refractivity contribution >= 4 is 5.91 Å². The number of aromatic amines is 1. The monoisotopic (exact) mass is 234 g/mol. The van der Waals surface area contributed by atoms with Gasteiger partial charge >= 0.3 is 0 Å². The molecule has 0 spiro atoms. The molecule has 1 aliphatic carbocycles. The fraction of sp³-hybridized carbons (Fsp3) is 0.667. The summed E-state index contributed by atoms with van der Waals surface area (Å²) in [6, 6.07) is 2.17. The summed E-state index contributed by atoms with van der Waals surface area (Å²) in [5, 5.41) is 10.4. The Morgan fingerprint density at radius 1 is 1.53 bits per heavy atom. The lowest BCUT2D eigenvalue weighted by atomic mass is 10.2. The van der Waals surface area contributed by atoms with Crippen molar-refractivity contribution < 1.29 is 4.79 Å². The van der Waals surface area contributed by atoms with Gasteiger partial charge in [0.05, 0.1) is 0 Å². The zero-order chi connectivity index (χ0) is 11.8. The summed E-state index contributed by atoms with van der Waals surface area (Å²) >= 11 is 0. The topological polar surface area (TPSA) is 61.0 Å². The summed E-state index contributed by atoms with van der Waals surface area (Å²) in [4.78, 5) is 14.2. The third kappa shape index (κ3) is 2.07. The molecular weight excluding hydrogens is 216 g/mol. The Hall–Kier alpha value is -1.36. The van der Waals surface area contributed by atoms with E-state index in [2.05, 4.69) is 22.4 Å². The molecule has 92 valence electrons. The van der Waals surface area contributed by atoms with Crippen LogP contribution in [0, 0.1) is 0 Å². The van der Waals surface area contributed by atoms with Gasteiger partial charge in [-0.2, -0.15) is 5.10 Å². The minimum absolute atomic E-state index is 0.0575. The molecular formula is C12H18N4O. The molecule has 0 aromatic carbocycles. The van der Waals surface area contributed by atoms with E-state index in [0.29, 0.717) is 11.6 Å². The highest BCUT2D eigenvalue weighted by Crippen LogP contribution is 2.39. The van der Waals surface area contributed by atoms with Gasteiger partial charge in [0.25, 0.3) is 5.91 Å². The number of nitrogens with one attached hydrogen (secondary N) is 2. The highest BCUT2D eigenvalue weighted by atomic mass is 16.2. The third-order valence-corrected chi connectivity index (χ3v) is 3.60. The van der Waals surface area contributed by atoms with E-state index in [9.17, 15) is 4.79 Å². The van der Waals surface area contributed by atoms with Crippen molar-refractivity contribution in [2.45, 2.75) is 31.7 Å². The predicted molar refractivity (Wildman–Crippen MR) is 63.9 cm³/mol. The second-order valence-electron chi connectivity index (χ2n) is 5.03. The predicted octanol–water partition coefficient (Wildman–Crippen LogP) is 0.721. The van der Waals surface area contributed by atoms with Gasteiger partial charge in [-0.05, 0) is 25.8 Å². The molecule has 1 aliphatic heterocycles. The van der Waals surface area contributed by atoms with Crippen LogP contribution in [0.2, 0.25) is 0 Å². The Morgan fingerprint density at radius 2 is 2.35 bits per heavy atom. The molecule has 1 amide bonds. The molecule has 5 nitrogen and oxygen atoms in total. The van der Waals surface area contributed by atoms with Crippen LogP contribution in [0.3, 0.4) is 0 Å². The minimum Gasteiger partial charge on any atom is -0.332 e. The number of amides is 1. The first-order valence-electron chi connectivity index (χ1n) is 6.32. The van der Waals surface area contributed by atoms with Crippen molar-refractivity contribution in [1.82, 2.24) is 20.4 Å². The highest BCUT2D eigenvalue weighted by Gasteiger charge is 2.29. The molecule has 0 bridgehead atoms. The minimum atomic E-state index is 0.0575. The number of carbonyl (C=O) groups is 1. The third-order valence-electron chi connectivity index (χ3n) is 3.60. The standard InChI is InChI=1S/C12H18N4O/c1-8-7-13-4-5-16(8)12(17)11-6-10(14-15-11)9-2-3-9/h6,8-9,13H,2-5,7H2,1H3,(H,14,15)/t8-/m0/s1. The molecule has 0 unspecified atom stereocenters. The first-order valence-corrected chi connectivity index (χ1v) is 6.32. The summed E-state index contributed by atoms with van der Waals surface area (Å²) < 4.78 is 0. The number of aromatic nitrogens is 2. The average molecular weight is 234 g/mol. The van der Waals surface area contributed by atoms with E-state index in [0.717, 1.165) is 25.3 Å². The van der Waals surface area contributed by atoms with Crippen LogP contribution < -0.4 is 5.32 Å². The quantitative estimate of drug-likeness (QED) is 0.792. The highest BCUT2D eigenvalue weighted by molar-refractivity contribution is 5.92. The van der Waals surface area contributed by atoms with Gasteiger partial charge < -0.3 is 10.2 Å². The summed E-state index contributed by atoms with van der Waals surface area (Å²) in [6.45, 7) is 4.58. The zero-order valence-electron chi connectivity index (χ0n) is 10.1. The number of hydrogen-bond acceptors (Lipinski definition) is 3. The number of piperazine rings is 1. The summed E-state index contributed by atoms with van der Waals surface area (Å²) in [5.41, 5.74) is 1.69. The molecule has 1 saturated carbocycles. The number of carbonyl (C=O) groups excluding carboxylic acids is 1.